The standard InChI is InChI=1S/C18H12ClFO5/c1-9(18(22)23)24-10-5-6-11-15(7-10)25-16(17(11)21)8-12-13(19)3-2-4-14(12)20/h2-9H,1H3,(H,22,23). The molecule has 5 nitrogen and oxygen atoms in total. The van der Waals surface area contributed by atoms with Crippen LogP contribution in [0.3, 0.4) is 0 Å². The largest absolute Gasteiger partial charge is 0.479 e. The number of hydrogen-bond donors (Lipinski definition) is 1. The minimum Gasteiger partial charge on any atom is -0.479 e. The number of ketones is 1. The summed E-state index contributed by atoms with van der Waals surface area (Å²) in [5, 5.41) is 9.02. The second-order valence-corrected chi connectivity index (χ2v) is 5.74. The fourth-order valence-corrected chi connectivity index (χ4v) is 2.49. The Morgan fingerprint density at radius 1 is 1.36 bits per heavy atom. The molecule has 0 spiro atoms. The van der Waals surface area contributed by atoms with E-state index in [0.29, 0.717) is 0 Å². The van der Waals surface area contributed by atoms with E-state index in [4.69, 9.17) is 26.2 Å². The highest BCUT2D eigenvalue weighted by atomic mass is 35.5. The molecule has 0 saturated carbocycles. The maximum absolute atomic E-state index is 13.9. The average molecular weight is 363 g/mol. The van der Waals surface area contributed by atoms with Crippen LogP contribution in [0.1, 0.15) is 22.8 Å². The maximum atomic E-state index is 13.9. The van der Waals surface area contributed by atoms with E-state index in [9.17, 15) is 14.0 Å². The Bertz CT molecular complexity index is 886. The number of ether oxygens (including phenoxy) is 2. The summed E-state index contributed by atoms with van der Waals surface area (Å²) in [6.07, 6.45) is 0.183. The number of Topliss-reactive ketones (excluding diaryl/α,β-unsaturated/α-hetero) is 1. The molecule has 0 fully saturated rings. The van der Waals surface area contributed by atoms with Gasteiger partial charge in [0, 0.05) is 11.6 Å². The number of fused-ring (bicyclic) bond motifs is 1. The van der Waals surface area contributed by atoms with Gasteiger partial charge in [0.15, 0.2) is 11.9 Å². The lowest BCUT2D eigenvalue weighted by atomic mass is 10.1. The lowest BCUT2D eigenvalue weighted by Gasteiger charge is -2.10. The van der Waals surface area contributed by atoms with Crippen molar-refractivity contribution in [2.45, 2.75) is 13.0 Å². The lowest BCUT2D eigenvalue weighted by molar-refractivity contribution is -0.144. The summed E-state index contributed by atoms with van der Waals surface area (Å²) in [7, 11) is 0. The highest BCUT2D eigenvalue weighted by Crippen LogP contribution is 2.36. The van der Waals surface area contributed by atoms with E-state index in [0.717, 1.165) is 0 Å². The lowest BCUT2D eigenvalue weighted by Crippen LogP contribution is -2.22. The van der Waals surface area contributed by atoms with Gasteiger partial charge in [0.1, 0.15) is 17.3 Å². The molecule has 1 unspecified atom stereocenters. The van der Waals surface area contributed by atoms with E-state index in [1.807, 2.05) is 0 Å². The second kappa shape index (κ2) is 6.57. The molecule has 2 aromatic carbocycles. The van der Waals surface area contributed by atoms with Crippen molar-refractivity contribution < 1.29 is 28.6 Å². The van der Waals surface area contributed by atoms with E-state index >= 15 is 0 Å². The predicted molar refractivity (Wildman–Crippen MR) is 88.5 cm³/mol. The highest BCUT2D eigenvalue weighted by Gasteiger charge is 2.28. The van der Waals surface area contributed by atoms with Gasteiger partial charge in [-0.1, -0.05) is 17.7 Å². The molecule has 1 aliphatic rings. The first-order valence-electron chi connectivity index (χ1n) is 7.28. The first kappa shape index (κ1) is 17.0. The SMILES string of the molecule is CC(Oc1ccc2c(c1)OC(=Cc1c(F)cccc1Cl)C2=O)C(=O)O. The van der Waals surface area contributed by atoms with Crippen LogP contribution >= 0.6 is 11.6 Å². The van der Waals surface area contributed by atoms with Gasteiger partial charge in [0.2, 0.25) is 5.78 Å². The van der Waals surface area contributed by atoms with Gasteiger partial charge in [-0.25, -0.2) is 9.18 Å². The number of allylic oxidation sites excluding steroid dienone is 1. The van der Waals surface area contributed by atoms with Crippen LogP contribution in [0.5, 0.6) is 11.5 Å². The van der Waals surface area contributed by atoms with Gasteiger partial charge in [0.25, 0.3) is 0 Å². The van der Waals surface area contributed by atoms with Crippen LogP contribution in [-0.4, -0.2) is 23.0 Å². The molecule has 0 aromatic heterocycles. The van der Waals surface area contributed by atoms with Crippen molar-refractivity contribution in [3.63, 3.8) is 0 Å². The zero-order valence-electron chi connectivity index (χ0n) is 13.0. The minimum atomic E-state index is -1.12. The third-order valence-corrected chi connectivity index (χ3v) is 3.91. The molecule has 0 bridgehead atoms. The molecule has 0 amide bonds. The summed E-state index contributed by atoms with van der Waals surface area (Å²) in [6, 6.07) is 8.53. The van der Waals surface area contributed by atoms with Gasteiger partial charge >= 0.3 is 5.97 Å². The molecule has 0 aliphatic carbocycles. The van der Waals surface area contributed by atoms with Crippen molar-refractivity contribution >= 4 is 29.4 Å². The van der Waals surface area contributed by atoms with E-state index in [-0.39, 0.29) is 33.4 Å². The number of benzene rings is 2. The van der Waals surface area contributed by atoms with Crippen LogP contribution in [0.25, 0.3) is 6.08 Å². The molecular weight excluding hydrogens is 351 g/mol. The Morgan fingerprint density at radius 3 is 2.80 bits per heavy atom. The Hall–Kier alpha value is -2.86. The summed E-state index contributed by atoms with van der Waals surface area (Å²) < 4.78 is 24.6. The Kier molecular flexibility index (Phi) is 4.46. The molecule has 1 atom stereocenters. The summed E-state index contributed by atoms with van der Waals surface area (Å²) in [4.78, 5) is 23.2. The molecule has 1 N–H and O–H groups in total. The van der Waals surface area contributed by atoms with Gasteiger partial charge < -0.3 is 14.6 Å². The summed E-state index contributed by atoms with van der Waals surface area (Å²) in [6.45, 7) is 1.38. The van der Waals surface area contributed by atoms with E-state index in [1.54, 1.807) is 0 Å². The molecule has 3 rings (SSSR count). The smallest absolute Gasteiger partial charge is 0.344 e. The van der Waals surface area contributed by atoms with Gasteiger partial charge in [0.05, 0.1) is 10.6 Å². The molecular formula is C18H12ClFO5. The number of hydrogen-bond acceptors (Lipinski definition) is 4. The summed E-state index contributed by atoms with van der Waals surface area (Å²) in [5.41, 5.74) is 0.324. The molecule has 25 heavy (non-hydrogen) atoms. The van der Waals surface area contributed by atoms with Gasteiger partial charge in [-0.3, -0.25) is 4.79 Å². The number of carbonyl (C=O) groups excluding carboxylic acids is 1. The number of rotatable bonds is 4. The molecule has 7 heteroatoms. The highest BCUT2D eigenvalue weighted by molar-refractivity contribution is 6.32. The molecule has 1 aliphatic heterocycles. The van der Waals surface area contributed by atoms with Crippen molar-refractivity contribution in [1.29, 1.82) is 0 Å². The fraction of sp³-hybridized carbons (Fsp3) is 0.111. The van der Waals surface area contributed by atoms with Crippen LogP contribution < -0.4 is 9.47 Å². The number of carboxylic acid groups (broad SMARTS) is 1. The minimum absolute atomic E-state index is 0.0521. The maximum Gasteiger partial charge on any atom is 0.344 e. The van der Waals surface area contributed by atoms with Crippen LogP contribution in [0, 0.1) is 5.82 Å². The quantitative estimate of drug-likeness (QED) is 0.834. The Balaban J connectivity index is 1.91. The summed E-state index contributed by atoms with van der Waals surface area (Å²) >= 11 is 5.95. The number of halogens is 2. The number of aliphatic carboxylic acids is 1. The van der Waals surface area contributed by atoms with Crippen LogP contribution in [0.2, 0.25) is 5.02 Å². The first-order valence-corrected chi connectivity index (χ1v) is 7.66. The third kappa shape index (κ3) is 3.34. The van der Waals surface area contributed by atoms with Crippen molar-refractivity contribution in [3.8, 4) is 11.5 Å². The molecule has 2 aromatic rings. The summed E-state index contributed by atoms with van der Waals surface area (Å²) in [5.74, 6) is -1.75. The predicted octanol–water partition coefficient (Wildman–Crippen LogP) is 3.95. The van der Waals surface area contributed by atoms with Crippen molar-refractivity contribution in [1.82, 2.24) is 0 Å². The zero-order valence-corrected chi connectivity index (χ0v) is 13.7. The van der Waals surface area contributed by atoms with Crippen LogP contribution in [0.15, 0.2) is 42.2 Å². The van der Waals surface area contributed by atoms with Crippen LogP contribution in [0.4, 0.5) is 4.39 Å². The monoisotopic (exact) mass is 362 g/mol. The van der Waals surface area contributed by atoms with Gasteiger partial charge in [-0.05, 0) is 37.3 Å². The van der Waals surface area contributed by atoms with Crippen LogP contribution in [-0.2, 0) is 4.79 Å². The topological polar surface area (TPSA) is 72.8 Å². The van der Waals surface area contributed by atoms with Crippen molar-refractivity contribution in [2.24, 2.45) is 0 Å². The second-order valence-electron chi connectivity index (χ2n) is 5.33. The average Bonchev–Trinajstić information content (AvgIpc) is 2.86. The molecule has 128 valence electrons. The zero-order chi connectivity index (χ0) is 18.1. The Labute approximate surface area is 147 Å². The number of carbonyl (C=O) groups is 2. The van der Waals surface area contributed by atoms with Crippen molar-refractivity contribution in [3.05, 3.63) is 64.1 Å². The molecule has 0 saturated heterocycles. The normalized spacial score (nSPS) is 15.6. The Morgan fingerprint density at radius 2 is 2.12 bits per heavy atom. The van der Waals surface area contributed by atoms with E-state index in [2.05, 4.69) is 0 Å². The fourth-order valence-electron chi connectivity index (χ4n) is 2.27. The van der Waals surface area contributed by atoms with Gasteiger partial charge in [-0.2, -0.15) is 0 Å². The first-order chi connectivity index (χ1) is 11.9. The van der Waals surface area contributed by atoms with E-state index in [1.165, 1.54) is 49.4 Å². The molecule has 1 heterocycles. The number of carboxylic acids is 1. The van der Waals surface area contributed by atoms with Gasteiger partial charge in [-0.15, -0.1) is 0 Å². The molecule has 0 radical (unpaired) electrons. The third-order valence-electron chi connectivity index (χ3n) is 3.58. The van der Waals surface area contributed by atoms with Crippen molar-refractivity contribution in [2.75, 3.05) is 0 Å². The van der Waals surface area contributed by atoms with E-state index < -0.39 is 23.7 Å².